The molecule has 1 heterocycles. The van der Waals surface area contributed by atoms with Crippen molar-refractivity contribution in [3.05, 3.63) is 69.7 Å². The van der Waals surface area contributed by atoms with Crippen molar-refractivity contribution in [2.75, 3.05) is 6.61 Å². The van der Waals surface area contributed by atoms with Gasteiger partial charge in [0.15, 0.2) is 0 Å². The molecule has 0 N–H and O–H groups in total. The fraction of sp³-hybridized carbons (Fsp3) is 0.423. The molecule has 1 fully saturated rings. The van der Waals surface area contributed by atoms with Crippen molar-refractivity contribution >= 4 is 41.4 Å². The Hall–Kier alpha value is -2.41. The molecule has 0 spiro atoms. The van der Waals surface area contributed by atoms with Gasteiger partial charge in [0.25, 0.3) is 5.91 Å². The van der Waals surface area contributed by atoms with Crippen molar-refractivity contribution in [1.82, 2.24) is 4.90 Å². The molecule has 0 aromatic heterocycles. The van der Waals surface area contributed by atoms with E-state index in [1.54, 1.807) is 36.1 Å². The third-order valence-corrected chi connectivity index (χ3v) is 6.34. The lowest BCUT2D eigenvalue weighted by atomic mass is 9.89. The zero-order chi connectivity index (χ0) is 24.7. The van der Waals surface area contributed by atoms with Gasteiger partial charge in [-0.3, -0.25) is 4.79 Å². The molecule has 2 aromatic rings. The van der Waals surface area contributed by atoms with Crippen LogP contribution in [-0.2, 0) is 23.9 Å². The van der Waals surface area contributed by atoms with Crippen LogP contribution in [-0.4, -0.2) is 41.8 Å². The average Bonchev–Trinajstić information content (AvgIpc) is 2.83. The van der Waals surface area contributed by atoms with E-state index in [1.165, 1.54) is 0 Å². The number of ether oxygens (including phenoxy) is 2. The van der Waals surface area contributed by atoms with E-state index in [-0.39, 0.29) is 25.4 Å². The fourth-order valence-corrected chi connectivity index (χ4v) is 4.56. The molecule has 1 aliphatic rings. The molecule has 0 bridgehead atoms. The first kappa shape index (κ1) is 26.2. The quantitative estimate of drug-likeness (QED) is 0.305. The normalized spacial score (nSPS) is 21.2. The summed E-state index contributed by atoms with van der Waals surface area (Å²) in [6.07, 6.45) is 0.788. The highest BCUT2D eigenvalue weighted by Crippen LogP contribution is 2.44. The zero-order valence-corrected chi connectivity index (χ0v) is 20.8. The second-order valence-corrected chi connectivity index (χ2v) is 9.01. The molecular weight excluding hydrogens is 477 g/mol. The van der Waals surface area contributed by atoms with Crippen molar-refractivity contribution in [3.8, 4) is 0 Å². The highest BCUT2D eigenvalue weighted by Gasteiger charge is 2.48. The van der Waals surface area contributed by atoms with E-state index < -0.39 is 30.3 Å². The summed E-state index contributed by atoms with van der Waals surface area (Å²) in [6, 6.07) is 13.0. The molecule has 8 heteroatoms. The maximum absolute atomic E-state index is 13.8. The number of carbonyl (C=O) groups is 3. The number of aldehydes is 1. The number of carbonyl (C=O) groups excluding carboxylic acids is 3. The molecule has 0 aliphatic carbocycles. The van der Waals surface area contributed by atoms with Crippen LogP contribution < -0.4 is 0 Å². The minimum atomic E-state index is -0.872. The molecule has 2 aromatic carbocycles. The second-order valence-electron chi connectivity index (χ2n) is 8.14. The number of morpholine rings is 1. The Morgan fingerprint density at radius 1 is 1.06 bits per heavy atom. The van der Waals surface area contributed by atoms with Gasteiger partial charge in [-0.2, -0.15) is 0 Å². The van der Waals surface area contributed by atoms with Crippen LogP contribution in [0.1, 0.15) is 62.8 Å². The van der Waals surface area contributed by atoms with E-state index in [9.17, 15) is 14.4 Å². The summed E-state index contributed by atoms with van der Waals surface area (Å²) >= 11 is 12.3. The molecule has 1 aliphatic heterocycles. The first-order valence-corrected chi connectivity index (χ1v) is 12.3. The van der Waals surface area contributed by atoms with Crippen molar-refractivity contribution in [1.29, 1.82) is 0 Å². The van der Waals surface area contributed by atoms with E-state index in [4.69, 9.17) is 32.7 Å². The smallest absolute Gasteiger partial charge is 0.328 e. The predicted molar refractivity (Wildman–Crippen MR) is 131 cm³/mol. The summed E-state index contributed by atoms with van der Waals surface area (Å²) in [6.45, 7) is 3.90. The van der Waals surface area contributed by atoms with Crippen LogP contribution in [0.5, 0.6) is 0 Å². The van der Waals surface area contributed by atoms with Crippen molar-refractivity contribution in [3.63, 3.8) is 0 Å². The summed E-state index contributed by atoms with van der Waals surface area (Å²) in [7, 11) is 0. The van der Waals surface area contributed by atoms with E-state index in [1.807, 2.05) is 31.2 Å². The number of hydrogen-bond acceptors (Lipinski definition) is 5. The zero-order valence-electron chi connectivity index (χ0n) is 19.3. The van der Waals surface area contributed by atoms with Gasteiger partial charge in [-0.1, -0.05) is 60.8 Å². The topological polar surface area (TPSA) is 72.9 Å². The van der Waals surface area contributed by atoms with Crippen LogP contribution in [0.3, 0.4) is 0 Å². The summed E-state index contributed by atoms with van der Waals surface area (Å²) in [4.78, 5) is 39.5. The van der Waals surface area contributed by atoms with Gasteiger partial charge >= 0.3 is 5.97 Å². The van der Waals surface area contributed by atoms with Crippen molar-refractivity contribution in [2.45, 2.75) is 63.8 Å². The average molecular weight is 506 g/mol. The Labute approximate surface area is 210 Å². The Morgan fingerprint density at radius 2 is 1.65 bits per heavy atom. The molecule has 6 nitrogen and oxygen atoms in total. The Morgan fingerprint density at radius 3 is 2.18 bits per heavy atom. The minimum Gasteiger partial charge on any atom is -0.464 e. The SMILES string of the molecule is CCC[C@H](C(=O)OCC)N1C(=O)[C@H](CCC=O)O[C@@H](c2ccc(Cl)cc2)[C@H]1c1ccc(Cl)cc1. The molecule has 4 atom stereocenters. The van der Waals surface area contributed by atoms with E-state index >= 15 is 0 Å². The fourth-order valence-electron chi connectivity index (χ4n) is 4.31. The molecule has 0 unspecified atom stereocenters. The number of nitrogens with zero attached hydrogens (tertiary/aromatic N) is 1. The van der Waals surface area contributed by atoms with Gasteiger partial charge in [0.2, 0.25) is 0 Å². The van der Waals surface area contributed by atoms with Crippen LogP contribution in [0.15, 0.2) is 48.5 Å². The molecular formula is C26H29Cl2NO5. The van der Waals surface area contributed by atoms with Crippen molar-refractivity contribution < 1.29 is 23.9 Å². The van der Waals surface area contributed by atoms with Gasteiger partial charge in [-0.15, -0.1) is 0 Å². The van der Waals surface area contributed by atoms with Crippen molar-refractivity contribution in [2.24, 2.45) is 0 Å². The highest BCUT2D eigenvalue weighted by atomic mass is 35.5. The molecule has 0 radical (unpaired) electrons. The maximum atomic E-state index is 13.8. The molecule has 1 amide bonds. The number of halogens is 2. The van der Waals surface area contributed by atoms with E-state index in [2.05, 4.69) is 0 Å². The van der Waals surface area contributed by atoms with Crippen LogP contribution in [0, 0.1) is 0 Å². The van der Waals surface area contributed by atoms with Gasteiger partial charge in [-0.25, -0.2) is 4.79 Å². The maximum Gasteiger partial charge on any atom is 0.328 e. The lowest BCUT2D eigenvalue weighted by Crippen LogP contribution is -2.57. The predicted octanol–water partition coefficient (Wildman–Crippen LogP) is 5.71. The number of rotatable bonds is 10. The summed E-state index contributed by atoms with van der Waals surface area (Å²) < 4.78 is 11.7. The first-order chi connectivity index (χ1) is 16.4. The monoisotopic (exact) mass is 505 g/mol. The summed E-state index contributed by atoms with van der Waals surface area (Å²) in [5, 5.41) is 1.13. The lowest BCUT2D eigenvalue weighted by Gasteiger charge is -2.47. The van der Waals surface area contributed by atoms with Gasteiger partial charge < -0.3 is 19.2 Å². The lowest BCUT2D eigenvalue weighted by molar-refractivity contribution is -0.186. The van der Waals surface area contributed by atoms with E-state index in [0.29, 0.717) is 22.9 Å². The molecule has 0 saturated carbocycles. The van der Waals surface area contributed by atoms with Crippen LogP contribution in [0.4, 0.5) is 0 Å². The number of amides is 1. The first-order valence-electron chi connectivity index (χ1n) is 11.5. The van der Waals surface area contributed by atoms with Crippen LogP contribution >= 0.6 is 23.2 Å². The summed E-state index contributed by atoms with van der Waals surface area (Å²) in [5.41, 5.74) is 1.58. The van der Waals surface area contributed by atoms with Crippen LogP contribution in [0.25, 0.3) is 0 Å². The third-order valence-electron chi connectivity index (χ3n) is 5.84. The second kappa shape index (κ2) is 12.3. The minimum absolute atomic E-state index is 0.168. The molecule has 1 saturated heterocycles. The molecule has 34 heavy (non-hydrogen) atoms. The Bertz CT molecular complexity index is 980. The Kier molecular flexibility index (Phi) is 9.51. The Balaban J connectivity index is 2.17. The number of benzene rings is 2. The highest BCUT2D eigenvalue weighted by molar-refractivity contribution is 6.30. The number of esters is 1. The van der Waals surface area contributed by atoms with Gasteiger partial charge in [-0.05, 0) is 55.2 Å². The third kappa shape index (κ3) is 5.98. The number of hydrogen-bond donors (Lipinski definition) is 0. The van der Waals surface area contributed by atoms with Crippen LogP contribution in [0.2, 0.25) is 10.0 Å². The standard InChI is InChI=1S/C26H29Cl2NO5/c1-3-6-21(26(32)33-4-2)29-23(17-8-12-19(27)13-9-17)24(18-10-14-20(28)15-11-18)34-22(25(29)31)7-5-16-30/h8-16,21-24H,3-7H2,1-2H3/t21-,22+,23-,24+/m1/s1. The largest absolute Gasteiger partial charge is 0.464 e. The van der Waals surface area contributed by atoms with E-state index in [0.717, 1.165) is 17.4 Å². The van der Waals surface area contributed by atoms with Gasteiger partial charge in [0, 0.05) is 16.5 Å². The summed E-state index contributed by atoms with van der Waals surface area (Å²) in [5.74, 6) is -0.791. The molecule has 182 valence electrons. The van der Waals surface area contributed by atoms with Gasteiger partial charge in [0.1, 0.15) is 24.5 Å². The molecule has 3 rings (SSSR count). The van der Waals surface area contributed by atoms with Gasteiger partial charge in [0.05, 0.1) is 12.6 Å².